The highest BCUT2D eigenvalue weighted by molar-refractivity contribution is 6.37. The third-order valence-electron chi connectivity index (χ3n) is 4.96. The van der Waals surface area contributed by atoms with Crippen LogP contribution in [0.25, 0.3) is 0 Å². The summed E-state index contributed by atoms with van der Waals surface area (Å²) in [6.07, 6.45) is 6.73. The van der Waals surface area contributed by atoms with E-state index >= 15 is 0 Å². The number of halogens is 2. The van der Waals surface area contributed by atoms with Crippen LogP contribution >= 0.6 is 23.2 Å². The summed E-state index contributed by atoms with van der Waals surface area (Å²) in [4.78, 5) is 5.21. The lowest BCUT2D eigenvalue weighted by Gasteiger charge is -2.33. The summed E-state index contributed by atoms with van der Waals surface area (Å²) in [7, 11) is 0. The van der Waals surface area contributed by atoms with Crippen LogP contribution in [0.4, 0.5) is 0 Å². The van der Waals surface area contributed by atoms with Crippen molar-refractivity contribution in [3.05, 3.63) is 28.2 Å². The fraction of sp³-hybridized carbons (Fsp3) is 0.667. The zero-order valence-corrected chi connectivity index (χ0v) is 15.2. The minimum absolute atomic E-state index is 0.587. The van der Waals surface area contributed by atoms with Gasteiger partial charge in [0.2, 0.25) is 0 Å². The molecule has 2 saturated heterocycles. The second-order valence-electron chi connectivity index (χ2n) is 6.59. The van der Waals surface area contributed by atoms with Gasteiger partial charge < -0.3 is 9.64 Å². The fourth-order valence-electron chi connectivity index (χ4n) is 3.72. The van der Waals surface area contributed by atoms with Crippen molar-refractivity contribution in [2.45, 2.75) is 38.1 Å². The summed E-state index contributed by atoms with van der Waals surface area (Å²) < 4.78 is 5.85. The molecule has 0 saturated carbocycles. The average molecular weight is 357 g/mol. The molecular formula is C18H26Cl2N2O. The van der Waals surface area contributed by atoms with E-state index in [1.54, 1.807) is 0 Å². The van der Waals surface area contributed by atoms with Crippen molar-refractivity contribution in [2.24, 2.45) is 0 Å². The summed E-state index contributed by atoms with van der Waals surface area (Å²) >= 11 is 12.3. The van der Waals surface area contributed by atoms with Gasteiger partial charge in [-0.1, -0.05) is 35.7 Å². The maximum Gasteiger partial charge on any atom is 0.156 e. The Kier molecular flexibility index (Phi) is 6.46. The van der Waals surface area contributed by atoms with Crippen LogP contribution < -0.4 is 4.74 Å². The van der Waals surface area contributed by atoms with E-state index in [0.717, 1.165) is 6.54 Å². The van der Waals surface area contributed by atoms with Gasteiger partial charge in [0, 0.05) is 19.1 Å². The quantitative estimate of drug-likeness (QED) is 0.754. The summed E-state index contributed by atoms with van der Waals surface area (Å²) in [6, 6.07) is 6.15. The molecule has 0 aliphatic carbocycles. The zero-order valence-electron chi connectivity index (χ0n) is 13.6. The molecule has 0 N–H and O–H groups in total. The maximum atomic E-state index is 6.15. The molecule has 0 amide bonds. The molecule has 2 fully saturated rings. The normalized spacial score (nSPS) is 23.3. The van der Waals surface area contributed by atoms with Crippen molar-refractivity contribution >= 4 is 23.2 Å². The lowest BCUT2D eigenvalue weighted by Crippen LogP contribution is -2.43. The lowest BCUT2D eigenvalue weighted by molar-refractivity contribution is 0.138. The average Bonchev–Trinajstić information content (AvgIpc) is 2.98. The largest absolute Gasteiger partial charge is 0.489 e. The minimum atomic E-state index is 0.587. The SMILES string of the molecule is Clc1cccc(Cl)c1OCCN1CCCC1CN1CCCCC1. The van der Waals surface area contributed by atoms with Crippen LogP contribution in [0.3, 0.4) is 0 Å². The Morgan fingerprint density at radius 2 is 1.74 bits per heavy atom. The second kappa shape index (κ2) is 8.57. The van der Waals surface area contributed by atoms with Crippen LogP contribution in [-0.4, -0.2) is 55.2 Å². The van der Waals surface area contributed by atoms with Gasteiger partial charge in [-0.05, 0) is 57.5 Å². The molecule has 0 aromatic heterocycles. The Hall–Kier alpha value is -0.480. The molecule has 0 radical (unpaired) electrons. The van der Waals surface area contributed by atoms with Gasteiger partial charge in [-0.3, -0.25) is 4.90 Å². The highest BCUT2D eigenvalue weighted by Gasteiger charge is 2.26. The third kappa shape index (κ3) is 4.76. The minimum Gasteiger partial charge on any atom is -0.489 e. The smallest absolute Gasteiger partial charge is 0.156 e. The number of ether oxygens (including phenoxy) is 1. The number of hydrogen-bond donors (Lipinski definition) is 0. The molecule has 128 valence electrons. The standard InChI is InChI=1S/C18H26Cl2N2O/c19-16-7-4-8-17(20)18(16)23-13-12-22-11-5-6-15(22)14-21-9-2-1-3-10-21/h4,7-8,15H,1-3,5-6,9-14H2. The number of para-hydroxylation sites is 1. The third-order valence-corrected chi connectivity index (χ3v) is 5.56. The van der Waals surface area contributed by atoms with Gasteiger partial charge in [0.25, 0.3) is 0 Å². The highest BCUT2D eigenvalue weighted by atomic mass is 35.5. The van der Waals surface area contributed by atoms with E-state index in [-0.39, 0.29) is 0 Å². The maximum absolute atomic E-state index is 6.15. The lowest BCUT2D eigenvalue weighted by atomic mass is 10.1. The molecular weight excluding hydrogens is 331 g/mol. The van der Waals surface area contributed by atoms with Gasteiger partial charge >= 0.3 is 0 Å². The number of piperidine rings is 1. The van der Waals surface area contributed by atoms with Gasteiger partial charge in [0.05, 0.1) is 10.0 Å². The van der Waals surface area contributed by atoms with Crippen molar-refractivity contribution in [2.75, 3.05) is 39.3 Å². The van der Waals surface area contributed by atoms with Crippen molar-refractivity contribution in [1.82, 2.24) is 9.80 Å². The molecule has 1 unspecified atom stereocenters. The summed E-state index contributed by atoms with van der Waals surface area (Å²) in [5, 5.41) is 1.17. The van der Waals surface area contributed by atoms with Crippen molar-refractivity contribution in [3.63, 3.8) is 0 Å². The molecule has 5 heteroatoms. The molecule has 2 aliphatic rings. The first kappa shape index (κ1) is 17.3. The van der Waals surface area contributed by atoms with Crippen LogP contribution in [0.15, 0.2) is 18.2 Å². The molecule has 0 bridgehead atoms. The first-order valence-corrected chi connectivity index (χ1v) is 9.53. The number of hydrogen-bond acceptors (Lipinski definition) is 3. The predicted molar refractivity (Wildman–Crippen MR) is 96.8 cm³/mol. The molecule has 2 heterocycles. The molecule has 3 rings (SSSR count). The molecule has 1 aromatic carbocycles. The van der Waals surface area contributed by atoms with E-state index < -0.39 is 0 Å². The topological polar surface area (TPSA) is 15.7 Å². The van der Waals surface area contributed by atoms with Crippen LogP contribution in [0.1, 0.15) is 32.1 Å². The Morgan fingerprint density at radius 1 is 1.00 bits per heavy atom. The molecule has 1 aromatic rings. The van der Waals surface area contributed by atoms with E-state index in [0.29, 0.717) is 28.4 Å². The molecule has 2 aliphatic heterocycles. The Bertz CT molecular complexity index is 486. The first-order chi connectivity index (χ1) is 11.2. The Labute approximate surface area is 149 Å². The molecule has 0 spiro atoms. The Morgan fingerprint density at radius 3 is 2.48 bits per heavy atom. The van der Waals surface area contributed by atoms with E-state index in [9.17, 15) is 0 Å². The van der Waals surface area contributed by atoms with Crippen LogP contribution in [-0.2, 0) is 0 Å². The molecule has 1 atom stereocenters. The van der Waals surface area contributed by atoms with Crippen LogP contribution in [0.5, 0.6) is 5.75 Å². The summed E-state index contributed by atoms with van der Waals surface area (Å²) in [6.45, 7) is 6.52. The number of likely N-dealkylation sites (tertiary alicyclic amines) is 2. The fourth-order valence-corrected chi connectivity index (χ4v) is 4.23. The highest BCUT2D eigenvalue weighted by Crippen LogP contribution is 2.32. The Balaban J connectivity index is 1.47. The van der Waals surface area contributed by atoms with E-state index in [1.807, 2.05) is 18.2 Å². The van der Waals surface area contributed by atoms with Gasteiger partial charge in [-0.25, -0.2) is 0 Å². The van der Waals surface area contributed by atoms with E-state index in [4.69, 9.17) is 27.9 Å². The number of benzene rings is 1. The van der Waals surface area contributed by atoms with Gasteiger partial charge in [-0.2, -0.15) is 0 Å². The van der Waals surface area contributed by atoms with E-state index in [2.05, 4.69) is 9.80 Å². The van der Waals surface area contributed by atoms with Crippen LogP contribution in [0, 0.1) is 0 Å². The summed E-state index contributed by atoms with van der Waals surface area (Å²) in [5.74, 6) is 0.614. The first-order valence-electron chi connectivity index (χ1n) is 8.77. The van der Waals surface area contributed by atoms with Crippen LogP contribution in [0.2, 0.25) is 10.0 Å². The van der Waals surface area contributed by atoms with Gasteiger partial charge in [0.1, 0.15) is 6.61 Å². The number of rotatable bonds is 6. The zero-order chi connectivity index (χ0) is 16.1. The van der Waals surface area contributed by atoms with Crippen molar-refractivity contribution in [1.29, 1.82) is 0 Å². The molecule has 3 nitrogen and oxygen atoms in total. The predicted octanol–water partition coefficient (Wildman–Crippen LogP) is 4.32. The van der Waals surface area contributed by atoms with Crippen molar-refractivity contribution in [3.8, 4) is 5.75 Å². The number of nitrogens with zero attached hydrogens (tertiary/aromatic N) is 2. The van der Waals surface area contributed by atoms with E-state index in [1.165, 1.54) is 58.3 Å². The van der Waals surface area contributed by atoms with Gasteiger partial charge in [-0.15, -0.1) is 0 Å². The summed E-state index contributed by atoms with van der Waals surface area (Å²) in [5.41, 5.74) is 0. The monoisotopic (exact) mass is 356 g/mol. The van der Waals surface area contributed by atoms with Crippen molar-refractivity contribution < 1.29 is 4.74 Å². The van der Waals surface area contributed by atoms with Gasteiger partial charge in [0.15, 0.2) is 5.75 Å². The molecule has 23 heavy (non-hydrogen) atoms. The second-order valence-corrected chi connectivity index (χ2v) is 7.41.